The maximum absolute atomic E-state index is 13.9. The van der Waals surface area contributed by atoms with E-state index in [1.807, 2.05) is 0 Å². The number of amides is 2. The molecule has 2 aromatic rings. The molecule has 1 saturated carbocycles. The Hall–Kier alpha value is -2.70. The Morgan fingerprint density at radius 1 is 1.21 bits per heavy atom. The largest absolute Gasteiger partial charge is 0.348 e. The number of aromatic amines is 1. The molecule has 28 heavy (non-hydrogen) atoms. The van der Waals surface area contributed by atoms with Gasteiger partial charge >= 0.3 is 0 Å². The lowest BCUT2D eigenvalue weighted by Gasteiger charge is -2.27. The first-order chi connectivity index (χ1) is 13.6. The third kappa shape index (κ3) is 3.93. The smallest absolute Gasteiger partial charge is 0.272 e. The summed E-state index contributed by atoms with van der Waals surface area (Å²) in [6.45, 7) is 0.860. The van der Waals surface area contributed by atoms with E-state index >= 15 is 0 Å². The summed E-state index contributed by atoms with van der Waals surface area (Å²) in [5.74, 6) is -0.687. The molecule has 2 heterocycles. The molecule has 0 spiro atoms. The first-order valence-electron chi connectivity index (χ1n) is 10.00. The molecule has 0 saturated heterocycles. The van der Waals surface area contributed by atoms with Crippen LogP contribution in [0.1, 0.15) is 59.4 Å². The minimum Gasteiger partial charge on any atom is -0.348 e. The average Bonchev–Trinajstić information content (AvgIpc) is 3.14. The normalized spacial score (nSPS) is 17.2. The molecule has 0 bridgehead atoms. The summed E-state index contributed by atoms with van der Waals surface area (Å²) in [7, 11) is 0. The predicted octanol–water partition coefficient (Wildman–Crippen LogP) is 2.74. The molecule has 1 fully saturated rings. The number of nitrogens with one attached hydrogen (secondary N) is 2. The van der Waals surface area contributed by atoms with Crippen molar-refractivity contribution >= 4 is 11.8 Å². The van der Waals surface area contributed by atoms with E-state index in [1.54, 1.807) is 23.1 Å². The van der Waals surface area contributed by atoms with Crippen LogP contribution in [-0.2, 0) is 24.2 Å². The molecule has 4 rings (SSSR count). The summed E-state index contributed by atoms with van der Waals surface area (Å²) in [5, 5.41) is 10.3. The molecule has 1 aromatic carbocycles. The molecular weight excluding hydrogens is 359 g/mol. The van der Waals surface area contributed by atoms with E-state index in [-0.39, 0.29) is 30.1 Å². The Morgan fingerprint density at radius 2 is 2.00 bits per heavy atom. The standard InChI is InChI=1S/C21H25FN4O2/c22-17-9-5-4-6-14(17)12-19(27)26-11-10-18-16(13-26)20(25-24-18)21(28)23-15-7-2-1-3-8-15/h4-6,9,15H,1-3,7-8,10-13H2,(H,23,28)(H,24,25). The quantitative estimate of drug-likeness (QED) is 0.851. The fourth-order valence-electron chi connectivity index (χ4n) is 4.11. The van der Waals surface area contributed by atoms with Gasteiger partial charge < -0.3 is 10.2 Å². The van der Waals surface area contributed by atoms with Crippen molar-refractivity contribution in [3.05, 3.63) is 52.6 Å². The minimum absolute atomic E-state index is 0.0173. The van der Waals surface area contributed by atoms with Gasteiger partial charge in [-0.25, -0.2) is 4.39 Å². The number of benzene rings is 1. The summed E-state index contributed by atoms with van der Waals surface area (Å²) in [6.07, 6.45) is 6.15. The van der Waals surface area contributed by atoms with Gasteiger partial charge in [-0.3, -0.25) is 14.7 Å². The number of hydrogen-bond donors (Lipinski definition) is 2. The Labute approximate surface area is 163 Å². The van der Waals surface area contributed by atoms with Gasteiger partial charge in [-0.05, 0) is 24.5 Å². The third-order valence-corrected chi connectivity index (χ3v) is 5.74. The lowest BCUT2D eigenvalue weighted by molar-refractivity contribution is -0.131. The molecule has 2 amide bonds. The van der Waals surface area contributed by atoms with Gasteiger partial charge in [0.25, 0.3) is 5.91 Å². The van der Waals surface area contributed by atoms with Crippen molar-refractivity contribution in [1.82, 2.24) is 20.4 Å². The van der Waals surface area contributed by atoms with Crippen molar-refractivity contribution in [2.24, 2.45) is 0 Å². The van der Waals surface area contributed by atoms with Crippen LogP contribution in [0.3, 0.4) is 0 Å². The third-order valence-electron chi connectivity index (χ3n) is 5.74. The summed E-state index contributed by atoms with van der Waals surface area (Å²) in [4.78, 5) is 27.1. The van der Waals surface area contributed by atoms with E-state index in [0.29, 0.717) is 30.8 Å². The van der Waals surface area contributed by atoms with Gasteiger partial charge in [0, 0.05) is 36.8 Å². The lowest BCUT2D eigenvalue weighted by atomic mass is 9.95. The van der Waals surface area contributed by atoms with Gasteiger partial charge in [-0.1, -0.05) is 37.5 Å². The molecule has 2 N–H and O–H groups in total. The highest BCUT2D eigenvalue weighted by Crippen LogP contribution is 2.23. The zero-order valence-electron chi connectivity index (χ0n) is 15.8. The zero-order chi connectivity index (χ0) is 19.5. The highest BCUT2D eigenvalue weighted by Gasteiger charge is 2.29. The van der Waals surface area contributed by atoms with Crippen LogP contribution in [0.2, 0.25) is 0 Å². The summed E-state index contributed by atoms with van der Waals surface area (Å²) >= 11 is 0. The molecule has 7 heteroatoms. The number of carbonyl (C=O) groups excluding carboxylic acids is 2. The number of fused-ring (bicyclic) bond motifs is 1. The van der Waals surface area contributed by atoms with Crippen LogP contribution in [0.4, 0.5) is 4.39 Å². The average molecular weight is 384 g/mol. The Bertz CT molecular complexity index is 873. The topological polar surface area (TPSA) is 78.1 Å². The molecule has 0 unspecified atom stereocenters. The van der Waals surface area contributed by atoms with Gasteiger partial charge in [0.1, 0.15) is 5.82 Å². The summed E-state index contributed by atoms with van der Waals surface area (Å²) in [5.41, 5.74) is 2.45. The van der Waals surface area contributed by atoms with Crippen LogP contribution in [0.15, 0.2) is 24.3 Å². The molecule has 0 radical (unpaired) electrons. The number of hydrogen-bond acceptors (Lipinski definition) is 3. The first kappa shape index (κ1) is 18.7. The van der Waals surface area contributed by atoms with Crippen molar-refractivity contribution in [2.75, 3.05) is 6.54 Å². The van der Waals surface area contributed by atoms with Crippen LogP contribution >= 0.6 is 0 Å². The first-order valence-corrected chi connectivity index (χ1v) is 10.00. The van der Waals surface area contributed by atoms with Gasteiger partial charge in [-0.15, -0.1) is 0 Å². The predicted molar refractivity (Wildman–Crippen MR) is 102 cm³/mol. The minimum atomic E-state index is -0.371. The van der Waals surface area contributed by atoms with E-state index in [9.17, 15) is 14.0 Å². The zero-order valence-corrected chi connectivity index (χ0v) is 15.8. The fourth-order valence-corrected chi connectivity index (χ4v) is 4.11. The van der Waals surface area contributed by atoms with E-state index in [2.05, 4.69) is 15.5 Å². The second kappa shape index (κ2) is 8.12. The van der Waals surface area contributed by atoms with Crippen molar-refractivity contribution in [1.29, 1.82) is 0 Å². The van der Waals surface area contributed by atoms with Crippen molar-refractivity contribution < 1.29 is 14.0 Å². The lowest BCUT2D eigenvalue weighted by Crippen LogP contribution is -2.39. The van der Waals surface area contributed by atoms with Crippen molar-refractivity contribution in [3.8, 4) is 0 Å². The maximum Gasteiger partial charge on any atom is 0.272 e. The van der Waals surface area contributed by atoms with Crippen LogP contribution in [0.25, 0.3) is 0 Å². The van der Waals surface area contributed by atoms with Crippen molar-refractivity contribution in [3.63, 3.8) is 0 Å². The number of H-pyrrole nitrogens is 1. The summed E-state index contributed by atoms with van der Waals surface area (Å²) < 4.78 is 13.9. The summed E-state index contributed by atoms with van der Waals surface area (Å²) in [6, 6.07) is 6.53. The van der Waals surface area contributed by atoms with Gasteiger partial charge in [0.15, 0.2) is 5.69 Å². The fraction of sp³-hybridized carbons (Fsp3) is 0.476. The van der Waals surface area contributed by atoms with E-state index in [1.165, 1.54) is 12.5 Å². The Morgan fingerprint density at radius 3 is 2.79 bits per heavy atom. The van der Waals surface area contributed by atoms with Gasteiger partial charge in [-0.2, -0.15) is 5.10 Å². The van der Waals surface area contributed by atoms with E-state index in [4.69, 9.17) is 0 Å². The second-order valence-electron chi connectivity index (χ2n) is 7.67. The Balaban J connectivity index is 1.44. The number of rotatable bonds is 4. The second-order valence-corrected chi connectivity index (χ2v) is 7.67. The maximum atomic E-state index is 13.9. The number of nitrogens with zero attached hydrogens (tertiary/aromatic N) is 2. The molecule has 2 aliphatic rings. The Kier molecular flexibility index (Phi) is 5.41. The van der Waals surface area contributed by atoms with Crippen LogP contribution in [0, 0.1) is 5.82 Å². The van der Waals surface area contributed by atoms with E-state index < -0.39 is 0 Å². The molecule has 6 nitrogen and oxygen atoms in total. The molecule has 1 aliphatic heterocycles. The number of carbonyl (C=O) groups is 2. The molecule has 1 aromatic heterocycles. The van der Waals surface area contributed by atoms with Gasteiger partial charge in [0.05, 0.1) is 6.42 Å². The van der Waals surface area contributed by atoms with Crippen molar-refractivity contribution in [2.45, 2.75) is 57.5 Å². The molecule has 1 aliphatic carbocycles. The molecular formula is C21H25FN4O2. The highest BCUT2D eigenvalue weighted by molar-refractivity contribution is 5.94. The molecule has 148 valence electrons. The number of halogens is 1. The van der Waals surface area contributed by atoms with Crippen LogP contribution < -0.4 is 5.32 Å². The SMILES string of the molecule is O=C(NC1CCCCC1)c1n[nH]c2c1CN(C(=O)Cc1ccccc1F)CC2. The highest BCUT2D eigenvalue weighted by atomic mass is 19.1. The van der Waals surface area contributed by atoms with E-state index in [0.717, 1.165) is 36.9 Å². The molecule has 0 atom stereocenters. The van der Waals surface area contributed by atoms with Crippen LogP contribution in [0.5, 0.6) is 0 Å². The number of aromatic nitrogens is 2. The van der Waals surface area contributed by atoms with Crippen LogP contribution in [-0.4, -0.2) is 39.5 Å². The monoisotopic (exact) mass is 384 g/mol. The van der Waals surface area contributed by atoms with Gasteiger partial charge in [0.2, 0.25) is 5.91 Å².